The summed E-state index contributed by atoms with van der Waals surface area (Å²) in [4.78, 5) is 12.2. The van der Waals surface area contributed by atoms with Crippen LogP contribution in [0, 0.1) is 0 Å². The third-order valence-electron chi connectivity index (χ3n) is 3.49. The van der Waals surface area contributed by atoms with Gasteiger partial charge in [0.15, 0.2) is 0 Å². The lowest BCUT2D eigenvalue weighted by Crippen LogP contribution is -2.52. The smallest absolute Gasteiger partial charge is 0.255 e. The fourth-order valence-corrected chi connectivity index (χ4v) is 2.41. The molecule has 3 rings (SSSR count). The van der Waals surface area contributed by atoms with E-state index in [-0.39, 0.29) is 11.9 Å². The van der Waals surface area contributed by atoms with Gasteiger partial charge in [0.05, 0.1) is 17.7 Å². The Morgan fingerprint density at radius 1 is 1.42 bits per heavy atom. The maximum absolute atomic E-state index is 12.2. The largest absolute Gasteiger partial charge is 0.463 e. The normalized spacial score (nSPS) is 23.4. The number of carbonyl (C=O) groups is 1. The molecule has 5 nitrogen and oxygen atoms in total. The minimum absolute atomic E-state index is 0.198. The molecule has 0 aliphatic carbocycles. The van der Waals surface area contributed by atoms with E-state index in [0.29, 0.717) is 17.7 Å². The van der Waals surface area contributed by atoms with E-state index in [2.05, 4.69) is 10.6 Å². The van der Waals surface area contributed by atoms with Crippen molar-refractivity contribution < 1.29 is 14.3 Å². The molecular weight excluding hydrogens is 244 g/mol. The minimum atomic E-state index is -0.545. The molecule has 0 unspecified atom stereocenters. The van der Waals surface area contributed by atoms with Gasteiger partial charge >= 0.3 is 0 Å². The number of piperidine rings is 1. The Morgan fingerprint density at radius 3 is 3.11 bits per heavy atom. The van der Waals surface area contributed by atoms with Gasteiger partial charge in [-0.25, -0.2) is 0 Å². The van der Waals surface area contributed by atoms with Crippen LogP contribution in [-0.4, -0.2) is 36.2 Å². The highest BCUT2D eigenvalue weighted by Crippen LogP contribution is 2.20. The van der Waals surface area contributed by atoms with Crippen LogP contribution in [0.3, 0.4) is 0 Å². The van der Waals surface area contributed by atoms with Crippen LogP contribution >= 0.6 is 0 Å². The second kappa shape index (κ2) is 5.03. The van der Waals surface area contributed by atoms with E-state index in [0.717, 1.165) is 18.4 Å². The molecule has 0 bridgehead atoms. The number of aliphatic hydroxyl groups excluding tert-OH is 1. The Balaban J connectivity index is 1.80. The van der Waals surface area contributed by atoms with Gasteiger partial charge in [-0.3, -0.25) is 4.79 Å². The van der Waals surface area contributed by atoms with Crippen LogP contribution in [0.1, 0.15) is 16.8 Å². The first-order chi connectivity index (χ1) is 9.25. The Kier molecular flexibility index (Phi) is 3.23. The molecule has 1 saturated heterocycles. The molecule has 2 atom stereocenters. The number of para-hydroxylation sites is 1. The van der Waals surface area contributed by atoms with E-state index >= 15 is 0 Å². The molecule has 1 aromatic carbocycles. The SMILES string of the molecule is O=C(N[C@@H]1CCNC[C@H]1O)c1coc2ccccc12. The number of hydrogen-bond acceptors (Lipinski definition) is 4. The van der Waals surface area contributed by atoms with Crippen molar-refractivity contribution in [3.63, 3.8) is 0 Å². The van der Waals surface area contributed by atoms with Gasteiger partial charge in [0.25, 0.3) is 5.91 Å². The average molecular weight is 260 g/mol. The molecule has 2 aromatic rings. The third-order valence-corrected chi connectivity index (χ3v) is 3.49. The highest BCUT2D eigenvalue weighted by atomic mass is 16.3. The van der Waals surface area contributed by atoms with E-state index in [9.17, 15) is 9.90 Å². The highest BCUT2D eigenvalue weighted by molar-refractivity contribution is 6.06. The molecule has 1 fully saturated rings. The number of amides is 1. The van der Waals surface area contributed by atoms with Crippen molar-refractivity contribution in [1.82, 2.24) is 10.6 Å². The summed E-state index contributed by atoms with van der Waals surface area (Å²) in [6, 6.07) is 7.21. The highest BCUT2D eigenvalue weighted by Gasteiger charge is 2.25. The van der Waals surface area contributed by atoms with Gasteiger partial charge in [-0.2, -0.15) is 0 Å². The third kappa shape index (κ3) is 2.34. The van der Waals surface area contributed by atoms with Crippen molar-refractivity contribution >= 4 is 16.9 Å². The van der Waals surface area contributed by atoms with E-state index in [4.69, 9.17) is 4.42 Å². The number of furan rings is 1. The molecule has 19 heavy (non-hydrogen) atoms. The van der Waals surface area contributed by atoms with Crippen molar-refractivity contribution in [2.24, 2.45) is 0 Å². The summed E-state index contributed by atoms with van der Waals surface area (Å²) < 4.78 is 5.35. The lowest BCUT2D eigenvalue weighted by molar-refractivity contribution is 0.0766. The molecule has 0 saturated carbocycles. The van der Waals surface area contributed by atoms with E-state index in [1.54, 1.807) is 0 Å². The minimum Gasteiger partial charge on any atom is -0.463 e. The molecule has 2 heterocycles. The topological polar surface area (TPSA) is 74.5 Å². The first-order valence-corrected chi connectivity index (χ1v) is 6.41. The molecule has 0 spiro atoms. The maximum Gasteiger partial charge on any atom is 0.255 e. The summed E-state index contributed by atoms with van der Waals surface area (Å²) in [5, 5.41) is 16.6. The number of nitrogens with one attached hydrogen (secondary N) is 2. The number of aliphatic hydroxyl groups is 1. The number of fused-ring (bicyclic) bond motifs is 1. The van der Waals surface area contributed by atoms with Gasteiger partial charge in [-0.15, -0.1) is 0 Å². The summed E-state index contributed by atoms with van der Waals surface area (Å²) in [7, 11) is 0. The van der Waals surface area contributed by atoms with Crippen LogP contribution in [0.4, 0.5) is 0 Å². The Hall–Kier alpha value is -1.85. The monoisotopic (exact) mass is 260 g/mol. The van der Waals surface area contributed by atoms with Crippen LogP contribution in [0.2, 0.25) is 0 Å². The van der Waals surface area contributed by atoms with Crippen LogP contribution in [0.25, 0.3) is 11.0 Å². The van der Waals surface area contributed by atoms with Gasteiger partial charge < -0.3 is 20.2 Å². The van der Waals surface area contributed by atoms with Gasteiger partial charge in [0, 0.05) is 11.9 Å². The Bertz CT molecular complexity index is 593. The van der Waals surface area contributed by atoms with Crippen LogP contribution in [-0.2, 0) is 0 Å². The maximum atomic E-state index is 12.2. The van der Waals surface area contributed by atoms with Gasteiger partial charge in [-0.1, -0.05) is 18.2 Å². The average Bonchev–Trinajstić information content (AvgIpc) is 2.85. The zero-order valence-corrected chi connectivity index (χ0v) is 10.4. The number of rotatable bonds is 2. The standard InChI is InChI=1S/C14H16N2O3/c17-12-7-15-6-5-11(12)16-14(18)10-8-19-13-4-2-1-3-9(10)13/h1-4,8,11-12,15,17H,5-7H2,(H,16,18)/t11-,12-/m1/s1. The summed E-state index contributed by atoms with van der Waals surface area (Å²) >= 11 is 0. The van der Waals surface area contributed by atoms with Crippen molar-refractivity contribution in [2.45, 2.75) is 18.6 Å². The molecule has 5 heteroatoms. The molecular formula is C14H16N2O3. The van der Waals surface area contributed by atoms with Crippen LogP contribution in [0.5, 0.6) is 0 Å². The number of carbonyl (C=O) groups excluding carboxylic acids is 1. The predicted molar refractivity (Wildman–Crippen MR) is 71.0 cm³/mol. The van der Waals surface area contributed by atoms with Gasteiger partial charge in [-0.05, 0) is 19.0 Å². The van der Waals surface area contributed by atoms with E-state index < -0.39 is 6.10 Å². The zero-order chi connectivity index (χ0) is 13.2. The molecule has 1 aliphatic heterocycles. The van der Waals surface area contributed by atoms with Crippen LogP contribution < -0.4 is 10.6 Å². The van der Waals surface area contributed by atoms with Crippen molar-refractivity contribution in [1.29, 1.82) is 0 Å². The Labute approximate surface area is 110 Å². The molecule has 1 aromatic heterocycles. The summed E-state index contributed by atoms with van der Waals surface area (Å²) in [6.07, 6.45) is 1.65. The van der Waals surface area contributed by atoms with Crippen LogP contribution in [0.15, 0.2) is 34.9 Å². The number of β-amino-alcohol motifs (C(OH)–C–C–N with tert-alkyl or cyclic N) is 1. The number of benzene rings is 1. The first kappa shape index (κ1) is 12.2. The zero-order valence-electron chi connectivity index (χ0n) is 10.4. The number of hydrogen-bond donors (Lipinski definition) is 3. The lowest BCUT2D eigenvalue weighted by Gasteiger charge is -2.28. The molecule has 0 radical (unpaired) electrons. The molecule has 100 valence electrons. The van der Waals surface area contributed by atoms with Crippen molar-refractivity contribution in [3.8, 4) is 0 Å². The second-order valence-corrected chi connectivity index (χ2v) is 4.79. The lowest BCUT2D eigenvalue weighted by atomic mass is 10.0. The second-order valence-electron chi connectivity index (χ2n) is 4.79. The first-order valence-electron chi connectivity index (χ1n) is 6.41. The molecule has 3 N–H and O–H groups in total. The summed E-state index contributed by atoms with van der Waals surface area (Å²) in [5.74, 6) is -0.198. The summed E-state index contributed by atoms with van der Waals surface area (Å²) in [6.45, 7) is 1.31. The molecule has 1 amide bonds. The van der Waals surface area contributed by atoms with Gasteiger partial charge in [0.2, 0.25) is 0 Å². The fourth-order valence-electron chi connectivity index (χ4n) is 2.41. The fraction of sp³-hybridized carbons (Fsp3) is 0.357. The van der Waals surface area contributed by atoms with E-state index in [1.165, 1.54) is 6.26 Å². The van der Waals surface area contributed by atoms with Gasteiger partial charge in [0.1, 0.15) is 11.8 Å². The van der Waals surface area contributed by atoms with Crippen molar-refractivity contribution in [3.05, 3.63) is 36.1 Å². The molecule has 1 aliphatic rings. The Morgan fingerprint density at radius 2 is 2.26 bits per heavy atom. The predicted octanol–water partition coefficient (Wildman–Crippen LogP) is 0.885. The summed E-state index contributed by atoms with van der Waals surface area (Å²) in [5.41, 5.74) is 1.21. The quantitative estimate of drug-likeness (QED) is 0.749. The van der Waals surface area contributed by atoms with Crippen molar-refractivity contribution in [2.75, 3.05) is 13.1 Å². The van der Waals surface area contributed by atoms with E-state index in [1.807, 2.05) is 24.3 Å².